The van der Waals surface area contributed by atoms with Crippen LogP contribution in [0.1, 0.15) is 77.0 Å². The Morgan fingerprint density at radius 3 is 2.69 bits per heavy atom. The van der Waals surface area contributed by atoms with Crippen LogP contribution in [0.5, 0.6) is 0 Å². The van der Waals surface area contributed by atoms with E-state index in [-0.39, 0.29) is 11.8 Å². The van der Waals surface area contributed by atoms with Crippen molar-refractivity contribution < 1.29 is 9.53 Å². The van der Waals surface area contributed by atoms with E-state index >= 15 is 0 Å². The van der Waals surface area contributed by atoms with E-state index < -0.39 is 0 Å². The van der Waals surface area contributed by atoms with Gasteiger partial charge in [0, 0.05) is 37.7 Å². The first-order valence-electron chi connectivity index (χ1n) is 12.3. The molecule has 4 rings (SSSR count). The fourth-order valence-corrected chi connectivity index (χ4v) is 4.88. The molecule has 35 heavy (non-hydrogen) atoms. The first-order chi connectivity index (χ1) is 16.9. The number of carbonyl (C=O) groups excluding carboxylic acids is 1. The van der Waals surface area contributed by atoms with Crippen LogP contribution in [0.15, 0.2) is 36.4 Å². The largest absolute Gasteiger partial charge is 0.384 e. The molecule has 1 aliphatic rings. The standard InChI is InChI=1S/C28H33N5O2/c1-18(2)23-15-19(3)24(16-25(23)27-30-26(31-32-27)11-14-35-4)28(34)33-12-9-20(10-13-33)22-8-6-5-7-21(22)17-29/h5-8,15-16,18,20H,9-14H2,1-4H3,(H,30,31,32). The summed E-state index contributed by atoms with van der Waals surface area (Å²) < 4.78 is 5.15. The zero-order valence-corrected chi connectivity index (χ0v) is 21.0. The van der Waals surface area contributed by atoms with Crippen LogP contribution >= 0.6 is 0 Å². The number of ether oxygens (including phenoxy) is 1. The Hall–Kier alpha value is -3.50. The Morgan fingerprint density at radius 2 is 2.00 bits per heavy atom. The topological polar surface area (TPSA) is 94.9 Å². The van der Waals surface area contributed by atoms with Crippen LogP contribution in [-0.2, 0) is 11.2 Å². The Kier molecular flexibility index (Phi) is 7.62. The summed E-state index contributed by atoms with van der Waals surface area (Å²) in [4.78, 5) is 20.2. The number of nitrogens with zero attached hydrogens (tertiary/aromatic N) is 4. The summed E-state index contributed by atoms with van der Waals surface area (Å²) in [5.41, 5.74) is 5.52. The minimum atomic E-state index is 0.0428. The second-order valence-electron chi connectivity index (χ2n) is 9.52. The van der Waals surface area contributed by atoms with E-state index in [2.05, 4.69) is 41.2 Å². The molecule has 1 amide bonds. The maximum atomic E-state index is 13.6. The Bertz CT molecular complexity index is 1230. The van der Waals surface area contributed by atoms with Gasteiger partial charge >= 0.3 is 0 Å². The van der Waals surface area contributed by atoms with Crippen molar-refractivity contribution in [2.24, 2.45) is 0 Å². The number of carbonyl (C=O) groups is 1. The molecule has 1 aromatic heterocycles. The van der Waals surface area contributed by atoms with Crippen LogP contribution in [0.3, 0.4) is 0 Å². The average molecular weight is 472 g/mol. The Labute approximate surface area is 207 Å². The van der Waals surface area contributed by atoms with Crippen LogP contribution in [-0.4, -0.2) is 52.8 Å². The number of hydrogen-bond donors (Lipinski definition) is 1. The summed E-state index contributed by atoms with van der Waals surface area (Å²) >= 11 is 0. The van der Waals surface area contributed by atoms with Crippen molar-refractivity contribution in [3.05, 3.63) is 70.0 Å². The molecular weight excluding hydrogens is 438 g/mol. The number of aryl methyl sites for hydroxylation is 1. The molecule has 7 nitrogen and oxygen atoms in total. The molecule has 0 bridgehead atoms. The summed E-state index contributed by atoms with van der Waals surface area (Å²) in [6.45, 7) is 8.20. The molecule has 0 atom stereocenters. The van der Waals surface area contributed by atoms with Gasteiger partial charge < -0.3 is 9.64 Å². The number of methoxy groups -OCH3 is 1. The predicted octanol–water partition coefficient (Wildman–Crippen LogP) is 4.98. The van der Waals surface area contributed by atoms with Gasteiger partial charge in [0.2, 0.25) is 0 Å². The fourth-order valence-electron chi connectivity index (χ4n) is 4.88. The number of rotatable bonds is 7. The van der Waals surface area contributed by atoms with Gasteiger partial charge in [0.15, 0.2) is 5.82 Å². The molecule has 1 N–H and O–H groups in total. The highest BCUT2D eigenvalue weighted by Gasteiger charge is 2.28. The SMILES string of the molecule is COCCc1nc(-c2cc(C(=O)N3CCC(c4ccccc4C#N)CC3)c(C)cc2C(C)C)n[nH]1. The van der Waals surface area contributed by atoms with Gasteiger partial charge in [-0.2, -0.15) is 10.4 Å². The average Bonchev–Trinajstić information content (AvgIpc) is 3.35. The molecular formula is C28H33N5O2. The maximum Gasteiger partial charge on any atom is 0.254 e. The van der Waals surface area contributed by atoms with Gasteiger partial charge in [-0.05, 0) is 60.4 Å². The molecule has 2 heterocycles. The van der Waals surface area contributed by atoms with Crippen LogP contribution < -0.4 is 0 Å². The summed E-state index contributed by atoms with van der Waals surface area (Å²) in [6, 6.07) is 14.2. The second kappa shape index (κ2) is 10.8. The molecule has 2 aromatic carbocycles. The van der Waals surface area contributed by atoms with E-state index in [4.69, 9.17) is 4.74 Å². The van der Waals surface area contributed by atoms with Gasteiger partial charge in [-0.15, -0.1) is 0 Å². The lowest BCUT2D eigenvalue weighted by molar-refractivity contribution is 0.0712. The van der Waals surface area contributed by atoms with E-state index in [0.717, 1.165) is 46.5 Å². The van der Waals surface area contributed by atoms with Crippen molar-refractivity contribution in [3.8, 4) is 17.5 Å². The van der Waals surface area contributed by atoms with Gasteiger partial charge in [-0.3, -0.25) is 9.89 Å². The quantitative estimate of drug-likeness (QED) is 0.524. The maximum absolute atomic E-state index is 13.6. The van der Waals surface area contributed by atoms with Crippen LogP contribution in [0.2, 0.25) is 0 Å². The fraction of sp³-hybridized carbons (Fsp3) is 0.429. The molecule has 1 fully saturated rings. The highest BCUT2D eigenvalue weighted by molar-refractivity contribution is 5.97. The van der Waals surface area contributed by atoms with Crippen molar-refractivity contribution in [2.75, 3.05) is 26.8 Å². The van der Waals surface area contributed by atoms with Crippen molar-refractivity contribution in [2.45, 2.75) is 51.9 Å². The van der Waals surface area contributed by atoms with Crippen molar-refractivity contribution >= 4 is 5.91 Å². The number of hydrogen-bond acceptors (Lipinski definition) is 5. The summed E-state index contributed by atoms with van der Waals surface area (Å²) in [7, 11) is 1.66. The van der Waals surface area contributed by atoms with E-state index in [9.17, 15) is 10.1 Å². The number of H-pyrrole nitrogens is 1. The minimum Gasteiger partial charge on any atom is -0.384 e. The first kappa shape index (κ1) is 24.6. The first-order valence-corrected chi connectivity index (χ1v) is 12.3. The summed E-state index contributed by atoms with van der Waals surface area (Å²) in [5, 5.41) is 16.9. The summed E-state index contributed by atoms with van der Waals surface area (Å²) in [5.74, 6) is 1.99. The number of nitrogens with one attached hydrogen (secondary N) is 1. The molecule has 182 valence electrons. The van der Waals surface area contributed by atoms with E-state index in [1.807, 2.05) is 42.2 Å². The zero-order valence-electron chi connectivity index (χ0n) is 21.0. The molecule has 1 aliphatic heterocycles. The van der Waals surface area contributed by atoms with Crippen LogP contribution in [0, 0.1) is 18.3 Å². The lowest BCUT2D eigenvalue weighted by Gasteiger charge is -2.33. The van der Waals surface area contributed by atoms with Crippen molar-refractivity contribution in [3.63, 3.8) is 0 Å². The molecule has 0 spiro atoms. The minimum absolute atomic E-state index is 0.0428. The number of benzene rings is 2. The van der Waals surface area contributed by atoms with Crippen LogP contribution in [0.25, 0.3) is 11.4 Å². The number of aromatic nitrogens is 3. The normalized spacial score (nSPS) is 14.3. The molecule has 0 unspecified atom stereocenters. The second-order valence-corrected chi connectivity index (χ2v) is 9.52. The zero-order chi connectivity index (χ0) is 24.9. The molecule has 3 aromatic rings. The number of piperidine rings is 1. The van der Waals surface area contributed by atoms with Gasteiger partial charge in [0.25, 0.3) is 5.91 Å². The predicted molar refractivity (Wildman–Crippen MR) is 135 cm³/mol. The van der Waals surface area contributed by atoms with Crippen molar-refractivity contribution in [1.82, 2.24) is 20.1 Å². The Morgan fingerprint density at radius 1 is 1.26 bits per heavy atom. The molecule has 7 heteroatoms. The van der Waals surface area contributed by atoms with E-state index in [0.29, 0.717) is 43.4 Å². The molecule has 0 aliphatic carbocycles. The third-order valence-electron chi connectivity index (χ3n) is 6.87. The molecule has 0 radical (unpaired) electrons. The number of aromatic amines is 1. The monoisotopic (exact) mass is 471 g/mol. The Balaban J connectivity index is 1.57. The van der Waals surface area contributed by atoms with Gasteiger partial charge in [0.05, 0.1) is 18.2 Å². The highest BCUT2D eigenvalue weighted by Crippen LogP contribution is 2.33. The number of likely N-dealkylation sites (tertiary alicyclic amines) is 1. The lowest BCUT2D eigenvalue weighted by Crippen LogP contribution is -2.38. The lowest BCUT2D eigenvalue weighted by atomic mass is 9.86. The summed E-state index contributed by atoms with van der Waals surface area (Å²) in [6.07, 6.45) is 2.36. The number of nitriles is 1. The van der Waals surface area contributed by atoms with Crippen LogP contribution in [0.4, 0.5) is 0 Å². The number of amides is 1. The third-order valence-corrected chi connectivity index (χ3v) is 6.87. The molecule has 1 saturated heterocycles. The van der Waals surface area contributed by atoms with E-state index in [1.165, 1.54) is 0 Å². The highest BCUT2D eigenvalue weighted by atomic mass is 16.5. The van der Waals surface area contributed by atoms with E-state index in [1.54, 1.807) is 7.11 Å². The van der Waals surface area contributed by atoms with Gasteiger partial charge in [-0.1, -0.05) is 38.1 Å². The third kappa shape index (κ3) is 5.28. The molecule has 0 saturated carbocycles. The van der Waals surface area contributed by atoms with Gasteiger partial charge in [0.1, 0.15) is 5.82 Å². The smallest absolute Gasteiger partial charge is 0.254 e. The van der Waals surface area contributed by atoms with Gasteiger partial charge in [-0.25, -0.2) is 4.98 Å². The van der Waals surface area contributed by atoms with Crippen molar-refractivity contribution in [1.29, 1.82) is 5.26 Å².